The van der Waals surface area contributed by atoms with Crippen molar-refractivity contribution < 1.29 is 14.3 Å². The van der Waals surface area contributed by atoms with Crippen LogP contribution in [0.15, 0.2) is 0 Å². The van der Waals surface area contributed by atoms with Crippen molar-refractivity contribution in [2.45, 2.75) is 31.9 Å². The Balaban J connectivity index is 3.86. The molecule has 0 fully saturated rings. The van der Waals surface area contributed by atoms with Crippen LogP contribution in [0.3, 0.4) is 0 Å². The Kier molecular flexibility index (Phi) is 6.48. The lowest BCUT2D eigenvalue weighted by Crippen LogP contribution is -2.31. The molecule has 0 rings (SSSR count). The van der Waals surface area contributed by atoms with Crippen LogP contribution >= 0.6 is 11.8 Å². The van der Waals surface area contributed by atoms with E-state index in [1.807, 2.05) is 0 Å². The van der Waals surface area contributed by atoms with E-state index < -0.39 is 0 Å². The average Bonchev–Trinajstić information content (AvgIpc) is 2.20. The Morgan fingerprint density at radius 2 is 1.88 bits per heavy atom. The number of carbonyl (C=O) groups excluding carboxylic acids is 2. The summed E-state index contributed by atoms with van der Waals surface area (Å²) in [5.41, 5.74) is 0. The summed E-state index contributed by atoms with van der Waals surface area (Å²) in [6.07, 6.45) is 0.249. The number of thioether (sulfide) groups is 1. The summed E-state index contributed by atoms with van der Waals surface area (Å²) in [6, 6.07) is 0. The molecule has 94 valence electrons. The van der Waals surface area contributed by atoms with Gasteiger partial charge >= 0.3 is 5.97 Å². The SMILES string of the molecule is COC(=O)CCN(C)C(=O)CSC(C)(C)C. The van der Waals surface area contributed by atoms with Crippen molar-refractivity contribution in [3.05, 3.63) is 0 Å². The Labute approximate surface area is 102 Å². The quantitative estimate of drug-likeness (QED) is 0.691. The molecular formula is C11H21NO3S. The van der Waals surface area contributed by atoms with E-state index in [4.69, 9.17) is 0 Å². The third-order valence-corrected chi connectivity index (χ3v) is 3.19. The topological polar surface area (TPSA) is 46.6 Å². The molecule has 0 aromatic rings. The zero-order chi connectivity index (χ0) is 12.8. The molecule has 5 heteroatoms. The highest BCUT2D eigenvalue weighted by molar-refractivity contribution is 8.01. The third-order valence-electron chi connectivity index (χ3n) is 1.93. The molecule has 0 saturated carbocycles. The highest BCUT2D eigenvalue weighted by atomic mass is 32.2. The maximum Gasteiger partial charge on any atom is 0.307 e. The molecule has 4 nitrogen and oxygen atoms in total. The predicted molar refractivity (Wildman–Crippen MR) is 66.5 cm³/mol. The second kappa shape index (κ2) is 6.78. The summed E-state index contributed by atoms with van der Waals surface area (Å²) in [7, 11) is 3.05. The van der Waals surface area contributed by atoms with Gasteiger partial charge in [-0.2, -0.15) is 0 Å². The van der Waals surface area contributed by atoms with Crippen molar-refractivity contribution >= 4 is 23.6 Å². The molecule has 0 aromatic carbocycles. The largest absolute Gasteiger partial charge is 0.469 e. The second-order valence-corrected chi connectivity index (χ2v) is 6.34. The van der Waals surface area contributed by atoms with Crippen LogP contribution in [0.2, 0.25) is 0 Å². The molecule has 0 atom stereocenters. The van der Waals surface area contributed by atoms with Gasteiger partial charge in [0.05, 0.1) is 19.3 Å². The van der Waals surface area contributed by atoms with E-state index in [1.165, 1.54) is 7.11 Å². The van der Waals surface area contributed by atoms with Crippen LogP contribution in [-0.2, 0) is 14.3 Å². The fourth-order valence-corrected chi connectivity index (χ4v) is 1.65. The minimum absolute atomic E-state index is 0.0452. The molecule has 16 heavy (non-hydrogen) atoms. The normalized spacial score (nSPS) is 11.1. The number of nitrogens with zero attached hydrogens (tertiary/aromatic N) is 1. The molecule has 0 aliphatic carbocycles. The first kappa shape index (κ1) is 15.3. The van der Waals surface area contributed by atoms with Crippen LogP contribution in [0, 0.1) is 0 Å². The van der Waals surface area contributed by atoms with Gasteiger partial charge in [-0.25, -0.2) is 0 Å². The molecule has 0 saturated heterocycles. The van der Waals surface area contributed by atoms with Crippen LogP contribution in [0.25, 0.3) is 0 Å². The molecule has 0 aliphatic rings. The van der Waals surface area contributed by atoms with Crippen LogP contribution < -0.4 is 0 Å². The van der Waals surface area contributed by atoms with Crippen molar-refractivity contribution in [1.82, 2.24) is 4.90 Å². The minimum atomic E-state index is -0.289. The molecular weight excluding hydrogens is 226 g/mol. The molecule has 0 aromatic heterocycles. The van der Waals surface area contributed by atoms with Crippen LogP contribution in [0.5, 0.6) is 0 Å². The van der Waals surface area contributed by atoms with Crippen molar-refractivity contribution in [3.63, 3.8) is 0 Å². The van der Waals surface area contributed by atoms with Gasteiger partial charge < -0.3 is 9.64 Å². The number of carbonyl (C=O) groups is 2. The van der Waals surface area contributed by atoms with E-state index in [2.05, 4.69) is 25.5 Å². The molecule has 0 heterocycles. The molecule has 0 aliphatic heterocycles. The van der Waals surface area contributed by atoms with Crippen molar-refractivity contribution in [3.8, 4) is 0 Å². The first-order chi connectivity index (χ1) is 7.26. The van der Waals surface area contributed by atoms with Gasteiger partial charge in [-0.3, -0.25) is 9.59 Å². The monoisotopic (exact) mass is 247 g/mol. The van der Waals surface area contributed by atoms with Gasteiger partial charge in [0.15, 0.2) is 0 Å². The van der Waals surface area contributed by atoms with E-state index >= 15 is 0 Å². The van der Waals surface area contributed by atoms with Gasteiger partial charge in [0.2, 0.25) is 5.91 Å². The van der Waals surface area contributed by atoms with E-state index in [9.17, 15) is 9.59 Å². The Morgan fingerprint density at radius 1 is 1.31 bits per heavy atom. The lowest BCUT2D eigenvalue weighted by molar-refractivity contribution is -0.141. The second-order valence-electron chi connectivity index (χ2n) is 4.54. The van der Waals surface area contributed by atoms with Gasteiger partial charge in [0.25, 0.3) is 0 Å². The van der Waals surface area contributed by atoms with Gasteiger partial charge in [-0.15, -0.1) is 11.8 Å². The van der Waals surface area contributed by atoms with E-state index in [0.717, 1.165) is 0 Å². The number of ether oxygens (including phenoxy) is 1. The van der Waals surface area contributed by atoms with Crippen LogP contribution in [0.4, 0.5) is 0 Å². The zero-order valence-electron chi connectivity index (χ0n) is 10.7. The number of rotatable bonds is 5. The molecule has 1 amide bonds. The molecule has 0 spiro atoms. The number of hydrogen-bond donors (Lipinski definition) is 0. The van der Waals surface area contributed by atoms with Crippen molar-refractivity contribution in [2.24, 2.45) is 0 Å². The lowest BCUT2D eigenvalue weighted by atomic mass is 10.3. The van der Waals surface area contributed by atoms with Crippen molar-refractivity contribution in [1.29, 1.82) is 0 Å². The lowest BCUT2D eigenvalue weighted by Gasteiger charge is -2.21. The highest BCUT2D eigenvalue weighted by Gasteiger charge is 2.16. The van der Waals surface area contributed by atoms with E-state index in [-0.39, 0.29) is 23.0 Å². The number of hydrogen-bond acceptors (Lipinski definition) is 4. The first-order valence-electron chi connectivity index (χ1n) is 5.21. The van der Waals surface area contributed by atoms with Crippen molar-refractivity contribution in [2.75, 3.05) is 26.5 Å². The fourth-order valence-electron chi connectivity index (χ4n) is 0.874. The molecule has 0 unspecified atom stereocenters. The zero-order valence-corrected chi connectivity index (χ0v) is 11.5. The molecule has 0 bridgehead atoms. The summed E-state index contributed by atoms with van der Waals surface area (Å²) < 4.78 is 4.59. The third kappa shape index (κ3) is 7.56. The summed E-state index contributed by atoms with van der Waals surface area (Å²) >= 11 is 1.60. The number of amides is 1. The number of esters is 1. The highest BCUT2D eigenvalue weighted by Crippen LogP contribution is 2.22. The summed E-state index contributed by atoms with van der Waals surface area (Å²) in [4.78, 5) is 24.1. The molecule has 0 N–H and O–H groups in total. The number of methoxy groups -OCH3 is 1. The maximum atomic E-state index is 11.6. The Bertz CT molecular complexity index is 248. The Morgan fingerprint density at radius 3 is 2.31 bits per heavy atom. The summed E-state index contributed by atoms with van der Waals surface area (Å²) in [5.74, 6) is 0.202. The Hall–Kier alpha value is -0.710. The summed E-state index contributed by atoms with van der Waals surface area (Å²) in [5, 5.41) is 0. The minimum Gasteiger partial charge on any atom is -0.469 e. The van der Waals surface area contributed by atoms with Gasteiger partial charge in [0.1, 0.15) is 0 Å². The van der Waals surface area contributed by atoms with Crippen LogP contribution in [0.1, 0.15) is 27.2 Å². The van der Waals surface area contributed by atoms with Gasteiger partial charge in [0, 0.05) is 18.3 Å². The van der Waals surface area contributed by atoms with Gasteiger partial charge in [-0.05, 0) is 0 Å². The predicted octanol–water partition coefficient (Wildman–Crippen LogP) is 1.54. The maximum absolute atomic E-state index is 11.6. The van der Waals surface area contributed by atoms with Gasteiger partial charge in [-0.1, -0.05) is 20.8 Å². The fraction of sp³-hybridized carbons (Fsp3) is 0.818. The standard InChI is InChI=1S/C11H21NO3S/c1-11(2,3)16-8-9(13)12(4)7-6-10(14)15-5/h6-8H2,1-5H3. The smallest absolute Gasteiger partial charge is 0.307 e. The average molecular weight is 247 g/mol. The first-order valence-corrected chi connectivity index (χ1v) is 6.19. The molecule has 0 radical (unpaired) electrons. The van der Waals surface area contributed by atoms with E-state index in [1.54, 1.807) is 23.7 Å². The van der Waals surface area contributed by atoms with Crippen LogP contribution in [-0.4, -0.2) is 48.0 Å². The summed E-state index contributed by atoms with van der Waals surface area (Å²) in [6.45, 7) is 6.62. The van der Waals surface area contributed by atoms with E-state index in [0.29, 0.717) is 12.3 Å².